The zero-order chi connectivity index (χ0) is 11.4. The van der Waals surface area contributed by atoms with Crippen LogP contribution in [-0.2, 0) is 9.53 Å². The van der Waals surface area contributed by atoms with Crippen molar-refractivity contribution >= 4 is 5.91 Å². The van der Waals surface area contributed by atoms with Gasteiger partial charge in [-0.05, 0) is 25.7 Å². The Bertz CT molecular complexity index is 213. The number of amides is 1. The van der Waals surface area contributed by atoms with Crippen LogP contribution < -0.4 is 11.1 Å². The summed E-state index contributed by atoms with van der Waals surface area (Å²) < 4.78 is 5.41. The van der Waals surface area contributed by atoms with Crippen molar-refractivity contribution in [3.8, 4) is 0 Å². The van der Waals surface area contributed by atoms with Crippen LogP contribution in [0.3, 0.4) is 0 Å². The van der Waals surface area contributed by atoms with Crippen LogP contribution in [-0.4, -0.2) is 30.7 Å². The van der Waals surface area contributed by atoms with E-state index in [0.29, 0.717) is 6.10 Å². The first-order valence-electron chi connectivity index (χ1n) is 5.72. The average molecular weight is 214 g/mol. The van der Waals surface area contributed by atoms with E-state index in [2.05, 4.69) is 5.32 Å². The Hall–Kier alpha value is -0.610. The van der Waals surface area contributed by atoms with Crippen molar-refractivity contribution in [2.75, 3.05) is 6.61 Å². The van der Waals surface area contributed by atoms with Gasteiger partial charge in [-0.25, -0.2) is 0 Å². The van der Waals surface area contributed by atoms with E-state index in [9.17, 15) is 4.79 Å². The van der Waals surface area contributed by atoms with Gasteiger partial charge in [-0.1, -0.05) is 13.8 Å². The van der Waals surface area contributed by atoms with Gasteiger partial charge in [-0.3, -0.25) is 4.79 Å². The van der Waals surface area contributed by atoms with Crippen molar-refractivity contribution in [3.63, 3.8) is 0 Å². The summed E-state index contributed by atoms with van der Waals surface area (Å²) in [7, 11) is 0. The number of carbonyl (C=O) groups excluding carboxylic acids is 1. The maximum atomic E-state index is 11.6. The monoisotopic (exact) mass is 214 g/mol. The molecule has 1 rings (SSSR count). The van der Waals surface area contributed by atoms with Gasteiger partial charge in [0.1, 0.15) is 0 Å². The molecule has 1 amide bonds. The molecule has 0 heterocycles. The lowest BCUT2D eigenvalue weighted by Gasteiger charge is -2.36. The summed E-state index contributed by atoms with van der Waals surface area (Å²) in [6.07, 6.45) is 2.17. The van der Waals surface area contributed by atoms with Crippen LogP contribution >= 0.6 is 0 Å². The van der Waals surface area contributed by atoms with Gasteiger partial charge in [0, 0.05) is 12.6 Å². The largest absolute Gasteiger partial charge is 0.378 e. The van der Waals surface area contributed by atoms with Gasteiger partial charge in [-0.15, -0.1) is 0 Å². The molecular weight excluding hydrogens is 192 g/mol. The summed E-state index contributed by atoms with van der Waals surface area (Å²) in [5.74, 6) is 0.151. The zero-order valence-electron chi connectivity index (χ0n) is 9.82. The molecule has 15 heavy (non-hydrogen) atoms. The summed E-state index contributed by atoms with van der Waals surface area (Å²) >= 11 is 0. The highest BCUT2D eigenvalue weighted by Crippen LogP contribution is 2.23. The molecule has 1 atom stereocenters. The number of nitrogens with two attached hydrogens (primary N) is 1. The molecule has 0 aromatic carbocycles. The third-order valence-corrected chi connectivity index (χ3v) is 2.86. The second-order valence-corrected chi connectivity index (χ2v) is 4.52. The van der Waals surface area contributed by atoms with Crippen LogP contribution in [0, 0.1) is 5.92 Å². The Morgan fingerprint density at radius 3 is 2.60 bits per heavy atom. The van der Waals surface area contributed by atoms with Gasteiger partial charge in [0.05, 0.1) is 12.1 Å². The van der Waals surface area contributed by atoms with E-state index in [1.807, 2.05) is 20.8 Å². The van der Waals surface area contributed by atoms with Gasteiger partial charge in [0.2, 0.25) is 5.91 Å². The standard InChI is InChI=1S/C11H22N2O2/c1-4-15-9-5-8(6-9)13-11(14)10(12)7(2)3/h7-10H,4-6,12H2,1-3H3,(H,13,14)/t8?,9?,10-/m0/s1. The predicted octanol–water partition coefficient (Wildman–Crippen LogP) is 0.653. The molecule has 0 unspecified atom stereocenters. The van der Waals surface area contributed by atoms with E-state index >= 15 is 0 Å². The molecule has 88 valence electrons. The molecule has 1 fully saturated rings. The Morgan fingerprint density at radius 2 is 2.13 bits per heavy atom. The average Bonchev–Trinajstić information content (AvgIpc) is 2.13. The van der Waals surface area contributed by atoms with Crippen molar-refractivity contribution in [1.82, 2.24) is 5.32 Å². The normalized spacial score (nSPS) is 27.3. The molecule has 0 spiro atoms. The van der Waals surface area contributed by atoms with Crippen molar-refractivity contribution in [2.45, 2.75) is 51.8 Å². The predicted molar refractivity (Wildman–Crippen MR) is 59.4 cm³/mol. The molecule has 0 aliphatic heterocycles. The summed E-state index contributed by atoms with van der Waals surface area (Å²) in [6, 6.07) is -0.130. The highest BCUT2D eigenvalue weighted by Gasteiger charge is 2.32. The number of carbonyl (C=O) groups is 1. The van der Waals surface area contributed by atoms with Crippen LogP contribution in [0.5, 0.6) is 0 Å². The van der Waals surface area contributed by atoms with E-state index < -0.39 is 6.04 Å². The molecule has 1 saturated carbocycles. The summed E-state index contributed by atoms with van der Waals surface area (Å²) in [5, 5.41) is 2.94. The number of rotatable bonds is 5. The lowest BCUT2D eigenvalue weighted by molar-refractivity contribution is -0.125. The third kappa shape index (κ3) is 3.47. The maximum Gasteiger partial charge on any atom is 0.237 e. The van der Waals surface area contributed by atoms with Crippen LogP contribution in [0.1, 0.15) is 33.6 Å². The van der Waals surface area contributed by atoms with Crippen molar-refractivity contribution < 1.29 is 9.53 Å². The molecule has 3 N–H and O–H groups in total. The first kappa shape index (κ1) is 12.5. The van der Waals surface area contributed by atoms with E-state index in [1.165, 1.54) is 0 Å². The molecule has 1 aliphatic carbocycles. The molecular formula is C11H22N2O2. The van der Waals surface area contributed by atoms with Crippen molar-refractivity contribution in [1.29, 1.82) is 0 Å². The number of nitrogens with one attached hydrogen (secondary N) is 1. The van der Waals surface area contributed by atoms with Gasteiger partial charge in [0.25, 0.3) is 0 Å². The fourth-order valence-corrected chi connectivity index (χ4v) is 1.66. The van der Waals surface area contributed by atoms with Crippen LogP contribution in [0.25, 0.3) is 0 Å². The second-order valence-electron chi connectivity index (χ2n) is 4.52. The third-order valence-electron chi connectivity index (χ3n) is 2.86. The van der Waals surface area contributed by atoms with Gasteiger partial charge in [0.15, 0.2) is 0 Å². The number of hydrogen-bond donors (Lipinski definition) is 2. The lowest BCUT2D eigenvalue weighted by atomic mass is 9.88. The van der Waals surface area contributed by atoms with Crippen LogP contribution in [0.4, 0.5) is 0 Å². The molecule has 4 nitrogen and oxygen atoms in total. The van der Waals surface area contributed by atoms with E-state index in [4.69, 9.17) is 10.5 Å². The molecule has 0 radical (unpaired) electrons. The number of ether oxygens (including phenoxy) is 1. The molecule has 1 aliphatic rings. The molecule has 0 aromatic rings. The van der Waals surface area contributed by atoms with Crippen molar-refractivity contribution in [2.24, 2.45) is 11.7 Å². The van der Waals surface area contributed by atoms with Gasteiger partial charge >= 0.3 is 0 Å². The highest BCUT2D eigenvalue weighted by atomic mass is 16.5. The Labute approximate surface area is 91.5 Å². The minimum absolute atomic E-state index is 0.0371. The summed E-state index contributed by atoms with van der Waals surface area (Å²) in [6.45, 7) is 6.64. The Kier molecular flexibility index (Phi) is 4.54. The highest BCUT2D eigenvalue weighted by molar-refractivity contribution is 5.82. The molecule has 4 heteroatoms. The first-order chi connectivity index (χ1) is 7.04. The van der Waals surface area contributed by atoms with E-state index in [-0.39, 0.29) is 17.9 Å². The fourth-order valence-electron chi connectivity index (χ4n) is 1.66. The minimum atomic E-state index is -0.392. The van der Waals surface area contributed by atoms with E-state index in [0.717, 1.165) is 19.4 Å². The second kappa shape index (κ2) is 5.47. The SMILES string of the molecule is CCOC1CC(NC(=O)[C@@H](N)C(C)C)C1. The molecule has 0 bridgehead atoms. The Balaban J connectivity index is 2.19. The summed E-state index contributed by atoms with van der Waals surface area (Å²) in [5.41, 5.74) is 5.74. The summed E-state index contributed by atoms with van der Waals surface area (Å²) in [4.78, 5) is 11.6. The van der Waals surface area contributed by atoms with Gasteiger partial charge < -0.3 is 15.8 Å². The quantitative estimate of drug-likeness (QED) is 0.706. The van der Waals surface area contributed by atoms with Crippen LogP contribution in [0.15, 0.2) is 0 Å². The van der Waals surface area contributed by atoms with Crippen molar-refractivity contribution in [3.05, 3.63) is 0 Å². The lowest BCUT2D eigenvalue weighted by Crippen LogP contribution is -2.53. The maximum absolute atomic E-state index is 11.6. The van der Waals surface area contributed by atoms with Crippen LogP contribution in [0.2, 0.25) is 0 Å². The molecule has 0 saturated heterocycles. The fraction of sp³-hybridized carbons (Fsp3) is 0.909. The van der Waals surface area contributed by atoms with Gasteiger partial charge in [-0.2, -0.15) is 0 Å². The molecule has 0 aromatic heterocycles. The number of hydrogen-bond acceptors (Lipinski definition) is 3. The minimum Gasteiger partial charge on any atom is -0.378 e. The zero-order valence-corrected chi connectivity index (χ0v) is 9.82. The first-order valence-corrected chi connectivity index (χ1v) is 5.72. The topological polar surface area (TPSA) is 64.3 Å². The smallest absolute Gasteiger partial charge is 0.237 e. The Morgan fingerprint density at radius 1 is 1.53 bits per heavy atom. The van der Waals surface area contributed by atoms with E-state index in [1.54, 1.807) is 0 Å².